The maximum absolute atomic E-state index is 13.8. The molecule has 0 aliphatic heterocycles. The fourth-order valence-corrected chi connectivity index (χ4v) is 7.13. The number of benzene rings is 2. The Bertz CT molecular complexity index is 2470. The highest BCUT2D eigenvalue weighted by molar-refractivity contribution is 5.97. The van der Waals surface area contributed by atoms with Crippen LogP contribution in [0, 0.1) is 11.8 Å². The Morgan fingerprint density at radius 3 is 1.66 bits per heavy atom. The summed E-state index contributed by atoms with van der Waals surface area (Å²) in [6.45, 7) is 3.26. The van der Waals surface area contributed by atoms with E-state index >= 15 is 0 Å². The SMILES string of the molecule is CC(CC(=O)O)C(=O)N[C@@H](CCC(N)=O)C(=O)N[C@@H](Cc1ccc(O)cc1)C(=O)NCC(=O)C[C@@H](Cc1cnc[nH]1)C(=O)N[C@@H](C)C(=O)N[C@@H](C)C(=O)N[C@@H](Cc1ccccc1)C(=O)N[C@@H](CCC(=O)O)C(N)=O. The van der Waals surface area contributed by atoms with E-state index in [1.165, 1.54) is 57.6 Å². The van der Waals surface area contributed by atoms with E-state index in [4.69, 9.17) is 21.7 Å². The molecule has 0 bridgehead atoms. The van der Waals surface area contributed by atoms with Gasteiger partial charge in [0.2, 0.25) is 53.2 Å². The van der Waals surface area contributed by atoms with Crippen LogP contribution in [0.2, 0.25) is 0 Å². The minimum atomic E-state index is -1.45. The molecule has 0 fully saturated rings. The number of hydrogen-bond donors (Lipinski definition) is 13. The van der Waals surface area contributed by atoms with Crippen LogP contribution in [-0.2, 0) is 76.8 Å². The molecule has 400 valence electrons. The number of nitrogens with zero attached hydrogens (tertiary/aromatic N) is 1. The molecule has 0 spiro atoms. The number of carbonyl (C=O) groups excluding carboxylic acids is 10. The van der Waals surface area contributed by atoms with E-state index in [1.807, 2.05) is 0 Å². The zero-order valence-electron chi connectivity index (χ0n) is 40.9. The second kappa shape index (κ2) is 29.6. The molecule has 0 saturated heterocycles. The summed E-state index contributed by atoms with van der Waals surface area (Å²) in [6.07, 6.45) is -0.200. The zero-order chi connectivity index (χ0) is 55.1. The summed E-state index contributed by atoms with van der Waals surface area (Å²) in [5, 5.41) is 45.2. The predicted octanol–water partition coefficient (Wildman–Crippen LogP) is -2.49. The number of nitrogens with two attached hydrogens (primary N) is 2. The third kappa shape index (κ3) is 21.3. The van der Waals surface area contributed by atoms with Crippen LogP contribution >= 0.6 is 0 Å². The number of H-pyrrole nitrogens is 1. The van der Waals surface area contributed by atoms with Gasteiger partial charge in [0.1, 0.15) is 42.0 Å². The molecular formula is C48H63N11O15. The Labute approximate surface area is 424 Å². The number of aliphatic carboxylic acids is 2. The highest BCUT2D eigenvalue weighted by Gasteiger charge is 2.33. The molecule has 74 heavy (non-hydrogen) atoms. The number of aromatic hydroxyl groups is 1. The van der Waals surface area contributed by atoms with Gasteiger partial charge < -0.3 is 69.0 Å². The van der Waals surface area contributed by atoms with Crippen molar-refractivity contribution in [1.82, 2.24) is 47.2 Å². The van der Waals surface area contributed by atoms with Crippen molar-refractivity contribution in [2.45, 2.75) is 115 Å². The predicted molar refractivity (Wildman–Crippen MR) is 259 cm³/mol. The van der Waals surface area contributed by atoms with Crippen LogP contribution in [0.5, 0.6) is 5.75 Å². The fraction of sp³-hybridized carbons (Fsp3) is 0.438. The van der Waals surface area contributed by atoms with E-state index < -0.39 is 145 Å². The maximum Gasteiger partial charge on any atom is 0.304 e. The van der Waals surface area contributed by atoms with Crippen LogP contribution in [0.1, 0.15) is 76.1 Å². The van der Waals surface area contributed by atoms with Crippen molar-refractivity contribution in [3.63, 3.8) is 0 Å². The van der Waals surface area contributed by atoms with Gasteiger partial charge in [-0.2, -0.15) is 0 Å². The Balaban J connectivity index is 1.72. The second-order valence-corrected chi connectivity index (χ2v) is 17.5. The number of phenolic OH excluding ortho intramolecular Hbond substituents is 1. The lowest BCUT2D eigenvalue weighted by Gasteiger charge is -2.25. The zero-order valence-corrected chi connectivity index (χ0v) is 40.9. The third-order valence-corrected chi connectivity index (χ3v) is 11.3. The van der Waals surface area contributed by atoms with Crippen LogP contribution in [0.25, 0.3) is 0 Å². The fourth-order valence-electron chi connectivity index (χ4n) is 7.13. The van der Waals surface area contributed by atoms with Gasteiger partial charge >= 0.3 is 11.9 Å². The summed E-state index contributed by atoms with van der Waals surface area (Å²) >= 11 is 0. The quantitative estimate of drug-likeness (QED) is 0.0308. The molecule has 3 aromatic rings. The largest absolute Gasteiger partial charge is 0.508 e. The minimum Gasteiger partial charge on any atom is -0.508 e. The number of aromatic amines is 1. The first-order valence-corrected chi connectivity index (χ1v) is 23.3. The third-order valence-electron chi connectivity index (χ3n) is 11.3. The number of phenols is 1. The van der Waals surface area contributed by atoms with Gasteiger partial charge in [0.15, 0.2) is 5.78 Å². The van der Waals surface area contributed by atoms with E-state index in [2.05, 4.69) is 47.2 Å². The van der Waals surface area contributed by atoms with Gasteiger partial charge in [-0.05, 0) is 49.9 Å². The van der Waals surface area contributed by atoms with Gasteiger partial charge in [0.25, 0.3) is 0 Å². The van der Waals surface area contributed by atoms with Crippen molar-refractivity contribution in [1.29, 1.82) is 0 Å². The number of rotatable bonds is 32. The highest BCUT2D eigenvalue weighted by atomic mass is 16.4. The van der Waals surface area contributed by atoms with Crippen molar-refractivity contribution >= 4 is 70.9 Å². The van der Waals surface area contributed by atoms with Gasteiger partial charge in [-0.3, -0.25) is 57.5 Å². The number of carboxylic acid groups (broad SMARTS) is 2. The Morgan fingerprint density at radius 2 is 1.09 bits per heavy atom. The first kappa shape index (κ1) is 59.6. The summed E-state index contributed by atoms with van der Waals surface area (Å²) in [6, 6.07) is 5.83. The number of carbonyl (C=O) groups is 12. The maximum atomic E-state index is 13.8. The average molecular weight is 1030 g/mol. The van der Waals surface area contributed by atoms with E-state index in [0.29, 0.717) is 16.8 Å². The summed E-state index contributed by atoms with van der Waals surface area (Å²) in [4.78, 5) is 160. The highest BCUT2D eigenvalue weighted by Crippen LogP contribution is 2.15. The van der Waals surface area contributed by atoms with E-state index in [9.17, 15) is 62.6 Å². The normalized spacial score (nSPS) is 14.1. The molecule has 1 aromatic heterocycles. The molecule has 2 aromatic carbocycles. The lowest BCUT2D eigenvalue weighted by Crippen LogP contribution is -2.57. The molecular weight excluding hydrogens is 971 g/mol. The summed E-state index contributed by atoms with van der Waals surface area (Å²) in [5.41, 5.74) is 12.1. The summed E-state index contributed by atoms with van der Waals surface area (Å²) in [5.74, 6) is -13.4. The Hall–Kier alpha value is -8.71. The molecule has 0 aliphatic carbocycles. The van der Waals surface area contributed by atoms with E-state index in [-0.39, 0.29) is 44.3 Å². The number of aromatic nitrogens is 2. The van der Waals surface area contributed by atoms with Crippen LogP contribution in [0.4, 0.5) is 0 Å². The smallest absolute Gasteiger partial charge is 0.304 e. The standard InChI is InChI=1S/C48H63N11O15/c1-25(17-40(65)66)42(68)57-35(13-15-38(49)62)47(73)59-36(19-29-9-11-32(60)12-10-29)46(72)52-23-33(61)21-30(20-31-22-51-24-53-31)45(71)55-26(2)43(69)54-27(3)44(70)58-37(18-28-7-5-4-6-8-28)48(74)56-34(41(50)67)14-16-39(63)64/h4-12,22,24-27,30,34-37,60H,13-21,23H2,1-3H3,(H2,49,62)(H2,50,67)(H,51,53)(H,52,72)(H,54,69)(H,55,71)(H,56,74)(H,57,68)(H,58,70)(H,59,73)(H,63,64)(H,65,66)/t25?,26-,27-,30+,34-,35-,36-,37-/m0/s1. The van der Waals surface area contributed by atoms with Crippen molar-refractivity contribution in [3.05, 3.63) is 83.9 Å². The number of primary amides is 2. The van der Waals surface area contributed by atoms with Gasteiger partial charge in [-0.25, -0.2) is 4.98 Å². The van der Waals surface area contributed by atoms with Crippen LogP contribution in [0.15, 0.2) is 67.1 Å². The average Bonchev–Trinajstić information content (AvgIpc) is 3.86. The molecule has 0 saturated carbocycles. The molecule has 15 N–H and O–H groups in total. The number of imidazole rings is 1. The van der Waals surface area contributed by atoms with Crippen LogP contribution in [-0.4, -0.2) is 139 Å². The number of Topliss-reactive ketones (excluding diaryl/α,β-unsaturated/α-hetero) is 1. The van der Waals surface area contributed by atoms with Crippen molar-refractivity contribution in [2.24, 2.45) is 23.3 Å². The molecule has 0 radical (unpaired) electrons. The summed E-state index contributed by atoms with van der Waals surface area (Å²) in [7, 11) is 0. The number of amides is 9. The monoisotopic (exact) mass is 1030 g/mol. The number of hydrogen-bond acceptors (Lipinski definition) is 14. The van der Waals surface area contributed by atoms with Crippen molar-refractivity contribution in [3.8, 4) is 5.75 Å². The second-order valence-electron chi connectivity index (χ2n) is 17.5. The van der Waals surface area contributed by atoms with Gasteiger partial charge in [0.05, 0.1) is 25.2 Å². The van der Waals surface area contributed by atoms with E-state index in [0.717, 1.165) is 0 Å². The lowest BCUT2D eigenvalue weighted by atomic mass is 9.95. The van der Waals surface area contributed by atoms with Crippen molar-refractivity contribution in [2.75, 3.05) is 6.54 Å². The number of carboxylic acids is 2. The molecule has 1 heterocycles. The Kier molecular flexibility index (Phi) is 23.8. The topological polar surface area (TPSA) is 430 Å². The van der Waals surface area contributed by atoms with Gasteiger partial charge in [-0.1, -0.05) is 49.4 Å². The molecule has 9 amide bonds. The minimum absolute atomic E-state index is 0.0771. The number of ketones is 1. The lowest BCUT2D eigenvalue weighted by molar-refractivity contribution is -0.141. The summed E-state index contributed by atoms with van der Waals surface area (Å²) < 4.78 is 0. The number of nitrogens with one attached hydrogen (secondary N) is 8. The van der Waals surface area contributed by atoms with Crippen LogP contribution < -0.4 is 48.7 Å². The molecule has 3 rings (SSSR count). The van der Waals surface area contributed by atoms with Gasteiger partial charge in [0, 0.05) is 56.3 Å². The van der Waals surface area contributed by atoms with Gasteiger partial charge in [-0.15, -0.1) is 0 Å². The first-order chi connectivity index (χ1) is 34.9. The molecule has 1 unspecified atom stereocenters. The van der Waals surface area contributed by atoms with E-state index in [1.54, 1.807) is 30.3 Å². The molecule has 8 atom stereocenters. The molecule has 26 heteroatoms. The Morgan fingerprint density at radius 1 is 0.568 bits per heavy atom. The van der Waals surface area contributed by atoms with Crippen LogP contribution in [0.3, 0.4) is 0 Å². The molecule has 26 nitrogen and oxygen atoms in total. The first-order valence-electron chi connectivity index (χ1n) is 23.3. The van der Waals surface area contributed by atoms with Crippen molar-refractivity contribution < 1.29 is 72.9 Å². The molecule has 0 aliphatic rings.